The Bertz CT molecular complexity index is 5470. The van der Waals surface area contributed by atoms with Crippen molar-refractivity contribution < 1.29 is 192 Å². The van der Waals surface area contributed by atoms with Crippen LogP contribution in [-0.2, 0) is 90.3 Å². The number of aliphatic hydroxyl groups is 6. The SMILES string of the molecule is CNC(=O)Oc1c(OC)cc(C2c3cc4c(cc3[C@@H](OC3OC5COC(C)OC5C(O)C3O)[C@H]3COC(=O)[C@H]23)OCO4)cc1OC.CNC(=O)c1c(OC)cc(C2c3cc4c(cc3[C@@H](OC3OC5COC(C)OC5C(O)C3O)[C@H]3COC(=O)[C@H]23)OCO4)cc1OC.CO/N=C\c1c(OC)cc(C2c3cc4c(cc3[C@@H](OC3OC5COC(C)OC5C(O)C3O)[C@H]3COC(=O)[C@H]23)OCO4)cc1OC. The van der Waals surface area contributed by atoms with Crippen molar-refractivity contribution in [3.63, 3.8) is 0 Å². The van der Waals surface area contributed by atoms with Gasteiger partial charge in [-0.2, -0.15) is 0 Å². The van der Waals surface area contributed by atoms with Crippen LogP contribution in [0.15, 0.2) is 78.0 Å². The number of nitrogens with zero attached hydrogens (tertiary/aromatic N) is 1. The highest BCUT2D eigenvalue weighted by Gasteiger charge is 2.61. The molecule has 9 fully saturated rings. The number of rotatable bonds is 19. The van der Waals surface area contributed by atoms with Crippen molar-refractivity contribution in [3.05, 3.63) is 134 Å². The van der Waals surface area contributed by atoms with Crippen molar-refractivity contribution in [2.24, 2.45) is 40.7 Å². The number of benzene rings is 6. The predicted molar refractivity (Wildman–Crippen MR) is 453 cm³/mol. The van der Waals surface area contributed by atoms with Crippen molar-refractivity contribution in [1.29, 1.82) is 0 Å². The quantitative estimate of drug-likeness (QED) is 0.0246. The Labute approximate surface area is 776 Å². The summed E-state index contributed by atoms with van der Waals surface area (Å²) >= 11 is 0. The summed E-state index contributed by atoms with van der Waals surface area (Å²) in [5, 5.41) is 75.1. The lowest BCUT2D eigenvalue weighted by Crippen LogP contribution is -2.63. The van der Waals surface area contributed by atoms with E-state index >= 15 is 0 Å². The Morgan fingerprint density at radius 3 is 0.971 bits per heavy atom. The molecule has 0 spiro atoms. The highest BCUT2D eigenvalue weighted by Crippen LogP contribution is 2.62. The molecule has 15 aliphatic rings. The van der Waals surface area contributed by atoms with E-state index in [-0.39, 0.29) is 94.3 Å². The molecule has 21 unspecified atom stereocenters. The second-order valence-corrected chi connectivity index (χ2v) is 34.7. The van der Waals surface area contributed by atoms with Crippen LogP contribution in [0.2, 0.25) is 0 Å². The number of ether oxygens (including phenoxy) is 28. The summed E-state index contributed by atoms with van der Waals surface area (Å²) in [4.78, 5) is 70.3. The van der Waals surface area contributed by atoms with E-state index in [0.29, 0.717) is 90.5 Å². The molecule has 43 nitrogen and oxygen atoms in total. The zero-order valence-electron chi connectivity index (χ0n) is 75.7. The van der Waals surface area contributed by atoms with Crippen molar-refractivity contribution in [3.8, 4) is 74.7 Å². The molecule has 0 aromatic heterocycles. The molecule has 0 bridgehead atoms. The minimum absolute atomic E-state index is 0.00856. The van der Waals surface area contributed by atoms with Crippen LogP contribution >= 0.6 is 0 Å². The number of nitrogens with one attached hydrogen (secondary N) is 2. The van der Waals surface area contributed by atoms with Gasteiger partial charge in [0.25, 0.3) is 5.91 Å². The standard InChI is InChI=1S/C31H35NO14.2C31H35NO13/c1-12-39-10-21-28(43-12)24(33)25(34)30(44-21)45-26-15-8-18-17(41-11-42-18)7-14(15)22(23-16(26)9-40-29(23)35)13-5-19(37-3)27(20(6-13)38-4)46-31(36)32-2;1-13-39-11-23-29(43-13)26(33)27(34)31(44-23)45-28-16-8-22-21(41-12-42-22)7-15(16)24(25-18(28)10-40-30(25)35)14-5-19(36-2)17(9-32-38-4)20(6-14)37-3;1-12-39-10-21-28(43-12)25(33)26(34)31(44-21)45-27-15-8-18-17(41-11-42-18)7-14(15)22(23-16(27)9-40-30(23)36)13-5-19(37-3)24(29(35)32-2)20(6-13)38-4/h5-8,12,16,21-26,28,30,33-34H,9-11H2,1-4H3,(H,32,36);5-9,13,18,23-29,31,33-34H,10-12H2,1-4H3;5-8,12,16,21-23,25-28,31,33-34H,9-11H2,1-4H3,(H,32,35)/b;32-9-;/t12?,16-,21?,22?,23-,24?,25?,26+,28?,30?;13?,18-,23?,24?,25-,26?,27?,28+,29?,31?;12?,16-,21?,22?,23-,25?,26?,27+,28?,31?/m000/s1. The third kappa shape index (κ3) is 16.9. The van der Waals surface area contributed by atoms with Gasteiger partial charge in [0.05, 0.1) is 130 Å². The van der Waals surface area contributed by atoms with Crippen molar-refractivity contribution in [2.75, 3.05) is 124 Å². The molecule has 6 aromatic rings. The Kier molecular flexibility index (Phi) is 26.7. The van der Waals surface area contributed by atoms with E-state index in [1.54, 1.807) is 69.3 Å². The number of oxime groups is 1. The lowest BCUT2D eigenvalue weighted by atomic mass is 9.66. The van der Waals surface area contributed by atoms with Gasteiger partial charge in [-0.15, -0.1) is 0 Å². The monoisotopic (exact) mass is 1900 g/mol. The molecule has 6 aromatic carbocycles. The fraction of sp³-hybridized carbons (Fsp3) is 0.548. The van der Waals surface area contributed by atoms with Crippen molar-refractivity contribution in [1.82, 2.24) is 10.6 Å². The number of cyclic esters (lactones) is 3. The van der Waals surface area contributed by atoms with E-state index in [1.165, 1.54) is 70.1 Å². The predicted octanol–water partition coefficient (Wildman–Crippen LogP) is 3.96. The van der Waals surface area contributed by atoms with E-state index in [9.17, 15) is 54.6 Å². The smallest absolute Gasteiger partial charge is 0.412 e. The van der Waals surface area contributed by atoms with Gasteiger partial charge in [0.1, 0.15) is 109 Å². The van der Waals surface area contributed by atoms with Crippen LogP contribution in [0.5, 0.6) is 74.7 Å². The molecule has 8 N–H and O–H groups in total. The van der Waals surface area contributed by atoms with E-state index in [0.717, 1.165) is 11.1 Å². The van der Waals surface area contributed by atoms with E-state index < -0.39 is 212 Å². The van der Waals surface area contributed by atoms with Crippen LogP contribution in [0.1, 0.15) is 123 Å². The third-order valence-electron chi connectivity index (χ3n) is 27.4. The minimum atomic E-state index is -1.46. The molecule has 0 radical (unpaired) electrons. The fourth-order valence-corrected chi connectivity index (χ4v) is 21.1. The second kappa shape index (κ2) is 38.7. The van der Waals surface area contributed by atoms with Crippen LogP contribution in [0.3, 0.4) is 0 Å². The summed E-state index contributed by atoms with van der Waals surface area (Å²) in [6.07, 6.45) is -19.8. The number of amides is 2. The summed E-state index contributed by atoms with van der Waals surface area (Å²) < 4.78 is 162. The van der Waals surface area contributed by atoms with Gasteiger partial charge in [0, 0.05) is 49.6 Å². The van der Waals surface area contributed by atoms with E-state index in [2.05, 4.69) is 15.8 Å². The lowest BCUT2D eigenvalue weighted by Gasteiger charge is -2.47. The summed E-state index contributed by atoms with van der Waals surface area (Å²) in [6, 6.07) is 21.3. The summed E-state index contributed by atoms with van der Waals surface area (Å²) in [5.74, 6) is -2.34. The third-order valence-corrected chi connectivity index (χ3v) is 27.4. The number of carbonyl (C=O) groups is 5. The Morgan fingerprint density at radius 2 is 0.676 bits per heavy atom. The molecule has 21 rings (SSSR count). The first-order valence-electron chi connectivity index (χ1n) is 44.4. The maximum Gasteiger partial charge on any atom is 0.412 e. The van der Waals surface area contributed by atoms with Crippen molar-refractivity contribution in [2.45, 2.75) is 168 Å². The van der Waals surface area contributed by atoms with Crippen LogP contribution in [0.4, 0.5) is 4.79 Å². The molecular weight excluding hydrogens is 1800 g/mol. The molecule has 0 saturated carbocycles. The number of fused-ring (bicyclic) bond motifs is 12. The molecule has 2 amide bonds. The Morgan fingerprint density at radius 1 is 0.375 bits per heavy atom. The van der Waals surface area contributed by atoms with Crippen LogP contribution < -0.4 is 72.2 Å². The van der Waals surface area contributed by atoms with Crippen LogP contribution in [0, 0.1) is 35.5 Å². The Hall–Kier alpha value is -11.2. The summed E-state index contributed by atoms with van der Waals surface area (Å²) in [6.45, 7) is 5.71. The molecule has 43 heteroatoms. The first-order chi connectivity index (χ1) is 65.8. The Balaban J connectivity index is 0.000000131. The molecule has 30 atom stereocenters. The van der Waals surface area contributed by atoms with Gasteiger partial charge >= 0.3 is 24.0 Å². The van der Waals surface area contributed by atoms with Gasteiger partial charge in [-0.05, 0) is 144 Å². The maximum atomic E-state index is 13.5. The fourth-order valence-electron chi connectivity index (χ4n) is 21.1. The van der Waals surface area contributed by atoms with Gasteiger partial charge in [-0.25, -0.2) is 4.79 Å². The average Bonchev–Trinajstić information content (AvgIpc) is 1.50. The number of methoxy groups -OCH3 is 6. The molecule has 9 saturated heterocycles. The zero-order valence-corrected chi connectivity index (χ0v) is 75.7. The van der Waals surface area contributed by atoms with E-state index in [4.69, 9.17) is 137 Å². The highest BCUT2D eigenvalue weighted by molar-refractivity contribution is 6.00. The maximum absolute atomic E-state index is 13.5. The summed E-state index contributed by atoms with van der Waals surface area (Å²) in [5.41, 5.74) is 6.84. The van der Waals surface area contributed by atoms with Gasteiger partial charge in [0.15, 0.2) is 83.7 Å². The van der Waals surface area contributed by atoms with Crippen LogP contribution in [0.25, 0.3) is 0 Å². The van der Waals surface area contributed by atoms with Gasteiger partial charge < -0.3 is 179 Å². The highest BCUT2D eigenvalue weighted by atomic mass is 16.8. The number of aliphatic hydroxyl groups excluding tert-OH is 6. The molecule has 3 aliphatic carbocycles. The molecule has 12 aliphatic heterocycles. The first-order valence-corrected chi connectivity index (χ1v) is 44.4. The second-order valence-electron chi connectivity index (χ2n) is 34.7. The normalized spacial score (nSPS) is 34.6. The number of hydrogen-bond donors (Lipinski definition) is 8. The first kappa shape index (κ1) is 93.8. The number of esters is 3. The minimum Gasteiger partial charge on any atom is -0.496 e. The van der Waals surface area contributed by atoms with E-state index in [1.807, 2.05) is 24.3 Å². The zero-order chi connectivity index (χ0) is 95.2. The van der Waals surface area contributed by atoms with Gasteiger partial charge in [-0.1, -0.05) is 5.16 Å². The molecule has 732 valence electrons. The summed E-state index contributed by atoms with van der Waals surface area (Å²) in [7, 11) is 13.2. The molecule has 136 heavy (non-hydrogen) atoms. The number of hydrogen-bond acceptors (Lipinski definition) is 41. The number of carbonyl (C=O) groups excluding carboxylic acids is 5. The van der Waals surface area contributed by atoms with Crippen molar-refractivity contribution >= 4 is 36.1 Å². The molecular formula is C93H105N3O40. The largest absolute Gasteiger partial charge is 0.496 e. The van der Waals surface area contributed by atoms with Gasteiger partial charge in [-0.3, -0.25) is 19.2 Å². The lowest BCUT2D eigenvalue weighted by molar-refractivity contribution is -0.364. The van der Waals surface area contributed by atoms with Gasteiger partial charge in [0.2, 0.25) is 26.1 Å². The average molecular weight is 1900 g/mol. The topological polar surface area (TPSA) is 511 Å². The molecule has 12 heterocycles. The van der Waals surface area contributed by atoms with Crippen LogP contribution in [-0.4, -0.2) is 302 Å².